The summed E-state index contributed by atoms with van der Waals surface area (Å²) in [6, 6.07) is 0. The fourth-order valence-electron chi connectivity index (χ4n) is 10.6. The van der Waals surface area contributed by atoms with Crippen LogP contribution in [0.5, 0.6) is 0 Å². The Hall–Kier alpha value is -2.37. The van der Waals surface area contributed by atoms with E-state index in [1.54, 1.807) is 0 Å². The van der Waals surface area contributed by atoms with Crippen molar-refractivity contribution in [3.8, 4) is 0 Å². The molecule has 0 saturated heterocycles. The smallest absolute Gasteiger partial charge is 0.306 e. The number of hydrogen-bond donors (Lipinski definition) is 0. The molecule has 1 atom stereocenters. The first-order valence-electron chi connectivity index (χ1n) is 35.0. The van der Waals surface area contributed by atoms with Crippen LogP contribution < -0.4 is 0 Å². The second kappa shape index (κ2) is 67.1. The first kappa shape index (κ1) is 75.6. The van der Waals surface area contributed by atoms with Crippen LogP contribution >= 0.6 is 0 Å². The Balaban J connectivity index is 4.22. The van der Waals surface area contributed by atoms with Crippen molar-refractivity contribution < 1.29 is 28.6 Å². The number of esters is 3. The summed E-state index contributed by atoms with van der Waals surface area (Å²) >= 11 is 0. The van der Waals surface area contributed by atoms with E-state index in [1.165, 1.54) is 263 Å². The van der Waals surface area contributed by atoms with Crippen molar-refractivity contribution in [3.63, 3.8) is 0 Å². The second-order valence-corrected chi connectivity index (χ2v) is 23.8. The first-order chi connectivity index (χ1) is 38.5. The van der Waals surface area contributed by atoms with Crippen LogP contribution in [-0.2, 0) is 28.6 Å². The molecular formula is C72H134O6. The molecule has 0 aromatic carbocycles. The quantitative estimate of drug-likeness (QED) is 0.0261. The maximum atomic E-state index is 12.9. The van der Waals surface area contributed by atoms with E-state index in [0.717, 1.165) is 83.5 Å². The molecule has 0 rings (SSSR count). The zero-order chi connectivity index (χ0) is 56.4. The maximum Gasteiger partial charge on any atom is 0.306 e. The molecule has 0 aliphatic carbocycles. The Kier molecular flexibility index (Phi) is 65.1. The Labute approximate surface area is 486 Å². The van der Waals surface area contributed by atoms with Gasteiger partial charge in [0.25, 0.3) is 0 Å². The third-order valence-corrected chi connectivity index (χ3v) is 15.8. The molecular weight excluding hydrogens is 961 g/mol. The summed E-state index contributed by atoms with van der Waals surface area (Å²) in [7, 11) is 0. The number of rotatable bonds is 65. The van der Waals surface area contributed by atoms with Gasteiger partial charge in [-0.05, 0) is 70.6 Å². The van der Waals surface area contributed by atoms with E-state index < -0.39 is 6.10 Å². The van der Waals surface area contributed by atoms with Gasteiger partial charge < -0.3 is 14.2 Å². The molecule has 6 heteroatoms. The van der Waals surface area contributed by atoms with Crippen LogP contribution in [0.4, 0.5) is 0 Å². The minimum Gasteiger partial charge on any atom is -0.462 e. The monoisotopic (exact) mass is 1100 g/mol. The molecule has 0 heterocycles. The number of carbonyl (C=O) groups excluding carboxylic acids is 3. The van der Waals surface area contributed by atoms with Crippen LogP contribution in [-0.4, -0.2) is 37.2 Å². The van der Waals surface area contributed by atoms with Crippen molar-refractivity contribution in [2.24, 2.45) is 0 Å². The number of ether oxygens (including phenoxy) is 3. The third kappa shape index (κ3) is 64.5. The average molecular weight is 1100 g/mol. The van der Waals surface area contributed by atoms with Crippen molar-refractivity contribution in [2.45, 2.75) is 393 Å². The van der Waals surface area contributed by atoms with Gasteiger partial charge in [-0.2, -0.15) is 0 Å². The topological polar surface area (TPSA) is 78.9 Å². The lowest BCUT2D eigenvalue weighted by Gasteiger charge is -2.18. The number of carbonyl (C=O) groups is 3. The number of unbranched alkanes of at least 4 members (excludes halogenated alkanes) is 48. The summed E-state index contributed by atoms with van der Waals surface area (Å²) in [4.78, 5) is 38.4. The normalized spacial score (nSPS) is 12.2. The van der Waals surface area contributed by atoms with E-state index in [9.17, 15) is 14.4 Å². The SMILES string of the molecule is CCC/C=C\C/C=C\CCCCCCCC(=O)OCC(COC(=O)CCCCCCCCCCCCCCCCCCCCCCCCCCCC)OC(=O)CCCCCCCCCCC/C=C\CCCCCCCCCC. The van der Waals surface area contributed by atoms with Gasteiger partial charge in [0.05, 0.1) is 0 Å². The van der Waals surface area contributed by atoms with Crippen LogP contribution in [0.2, 0.25) is 0 Å². The van der Waals surface area contributed by atoms with E-state index in [0.29, 0.717) is 19.3 Å². The predicted octanol–water partition coefficient (Wildman–Crippen LogP) is 23.9. The molecule has 6 nitrogen and oxygen atoms in total. The molecule has 0 aliphatic heterocycles. The fourth-order valence-corrected chi connectivity index (χ4v) is 10.6. The molecule has 0 aromatic heterocycles. The van der Waals surface area contributed by atoms with E-state index in [-0.39, 0.29) is 31.1 Å². The molecule has 78 heavy (non-hydrogen) atoms. The lowest BCUT2D eigenvalue weighted by atomic mass is 10.0. The summed E-state index contributed by atoms with van der Waals surface area (Å²) < 4.78 is 17.0. The summed E-state index contributed by atoms with van der Waals surface area (Å²) in [5, 5.41) is 0. The molecule has 0 amide bonds. The highest BCUT2D eigenvalue weighted by molar-refractivity contribution is 5.71. The lowest BCUT2D eigenvalue weighted by molar-refractivity contribution is -0.167. The van der Waals surface area contributed by atoms with Gasteiger partial charge in [-0.15, -0.1) is 0 Å². The van der Waals surface area contributed by atoms with E-state index in [1.807, 2.05) is 0 Å². The van der Waals surface area contributed by atoms with Gasteiger partial charge in [0, 0.05) is 19.3 Å². The molecule has 1 unspecified atom stereocenters. The van der Waals surface area contributed by atoms with Gasteiger partial charge in [0.2, 0.25) is 0 Å². The molecule has 0 aliphatic rings. The maximum absolute atomic E-state index is 12.9. The summed E-state index contributed by atoms with van der Waals surface area (Å²) in [6.45, 7) is 6.63. The summed E-state index contributed by atoms with van der Waals surface area (Å²) in [5.41, 5.74) is 0. The van der Waals surface area contributed by atoms with Gasteiger partial charge in [-0.3, -0.25) is 14.4 Å². The Morgan fingerprint density at radius 2 is 0.487 bits per heavy atom. The largest absolute Gasteiger partial charge is 0.462 e. The standard InChI is InChI=1S/C72H134O6/c1-4-7-10-13-16-19-22-25-27-29-31-33-34-35-36-37-39-40-42-44-47-50-53-56-59-62-65-71(74)77-68-69(67-76-70(73)64-61-58-55-52-49-46-24-21-18-15-12-9-6-3)78-72(75)66-63-60-57-54-51-48-45-43-41-38-32-30-28-26-23-20-17-14-11-8-5-2/h12,15,21,24,30,32,69H,4-11,13-14,16-20,22-23,25-29,31,33-68H2,1-3H3/b15-12-,24-21-,32-30-. The molecule has 0 radical (unpaired) electrons. The van der Waals surface area contributed by atoms with Crippen LogP contribution in [0.3, 0.4) is 0 Å². The summed E-state index contributed by atoms with van der Waals surface area (Å²) in [6.07, 6.45) is 83.2. The van der Waals surface area contributed by atoms with Crippen molar-refractivity contribution >= 4 is 17.9 Å². The Morgan fingerprint density at radius 1 is 0.256 bits per heavy atom. The van der Waals surface area contributed by atoms with Crippen LogP contribution in [0, 0.1) is 0 Å². The van der Waals surface area contributed by atoms with E-state index in [2.05, 4.69) is 57.2 Å². The van der Waals surface area contributed by atoms with Gasteiger partial charge in [-0.1, -0.05) is 333 Å². The van der Waals surface area contributed by atoms with Crippen molar-refractivity contribution in [2.75, 3.05) is 13.2 Å². The minimum absolute atomic E-state index is 0.0730. The van der Waals surface area contributed by atoms with E-state index >= 15 is 0 Å². The van der Waals surface area contributed by atoms with Crippen molar-refractivity contribution in [3.05, 3.63) is 36.5 Å². The van der Waals surface area contributed by atoms with Gasteiger partial charge in [-0.25, -0.2) is 0 Å². The molecule has 0 bridgehead atoms. The Bertz CT molecular complexity index is 1300. The van der Waals surface area contributed by atoms with Crippen molar-refractivity contribution in [1.82, 2.24) is 0 Å². The molecule has 458 valence electrons. The zero-order valence-corrected chi connectivity index (χ0v) is 52.7. The number of hydrogen-bond acceptors (Lipinski definition) is 6. The molecule has 0 saturated carbocycles. The second-order valence-electron chi connectivity index (χ2n) is 23.8. The van der Waals surface area contributed by atoms with Crippen molar-refractivity contribution in [1.29, 1.82) is 0 Å². The Morgan fingerprint density at radius 3 is 0.769 bits per heavy atom. The lowest BCUT2D eigenvalue weighted by Crippen LogP contribution is -2.30. The van der Waals surface area contributed by atoms with E-state index in [4.69, 9.17) is 14.2 Å². The first-order valence-corrected chi connectivity index (χ1v) is 35.0. The number of allylic oxidation sites excluding steroid dienone is 6. The van der Waals surface area contributed by atoms with Gasteiger partial charge in [0.1, 0.15) is 13.2 Å². The third-order valence-electron chi connectivity index (χ3n) is 15.8. The zero-order valence-electron chi connectivity index (χ0n) is 52.7. The van der Waals surface area contributed by atoms with Crippen LogP contribution in [0.1, 0.15) is 387 Å². The highest BCUT2D eigenvalue weighted by Gasteiger charge is 2.19. The highest BCUT2D eigenvalue weighted by atomic mass is 16.6. The summed E-state index contributed by atoms with van der Waals surface area (Å²) in [5.74, 6) is -0.863. The fraction of sp³-hybridized carbons (Fsp3) is 0.875. The molecule has 0 N–H and O–H groups in total. The van der Waals surface area contributed by atoms with Crippen LogP contribution in [0.25, 0.3) is 0 Å². The van der Waals surface area contributed by atoms with Gasteiger partial charge >= 0.3 is 17.9 Å². The average Bonchev–Trinajstić information content (AvgIpc) is 3.44. The van der Waals surface area contributed by atoms with Crippen LogP contribution in [0.15, 0.2) is 36.5 Å². The minimum atomic E-state index is -0.778. The molecule has 0 fully saturated rings. The molecule has 0 aromatic rings. The van der Waals surface area contributed by atoms with Gasteiger partial charge in [0.15, 0.2) is 6.10 Å². The predicted molar refractivity (Wildman–Crippen MR) is 339 cm³/mol. The highest BCUT2D eigenvalue weighted by Crippen LogP contribution is 2.18. The molecule has 0 spiro atoms.